The molecule has 1 aliphatic carbocycles. The van der Waals surface area contributed by atoms with E-state index in [2.05, 4.69) is 36.6 Å². The summed E-state index contributed by atoms with van der Waals surface area (Å²) in [6, 6.07) is 8.32. The number of alkyl halides is 1. The maximum absolute atomic E-state index is 6.33. The SMILES string of the molecule is CC(Cl)c1nc2ccccc2n1C(C)(C)C1CC1. The molecule has 18 heavy (non-hydrogen) atoms. The van der Waals surface area contributed by atoms with E-state index in [1.807, 2.05) is 13.0 Å². The van der Waals surface area contributed by atoms with Crippen LogP contribution in [0.4, 0.5) is 0 Å². The van der Waals surface area contributed by atoms with Gasteiger partial charge in [-0.15, -0.1) is 11.6 Å². The second-order valence-corrected chi connectivity index (χ2v) is 6.49. The second kappa shape index (κ2) is 3.99. The van der Waals surface area contributed by atoms with Crippen molar-refractivity contribution in [3.8, 4) is 0 Å². The lowest BCUT2D eigenvalue weighted by atomic mass is 9.97. The molecule has 1 atom stereocenters. The predicted molar refractivity (Wildman–Crippen MR) is 76.0 cm³/mol. The molecule has 2 aromatic rings. The molecule has 0 radical (unpaired) electrons. The van der Waals surface area contributed by atoms with Crippen LogP contribution in [-0.4, -0.2) is 9.55 Å². The summed E-state index contributed by atoms with van der Waals surface area (Å²) < 4.78 is 2.36. The largest absolute Gasteiger partial charge is 0.321 e. The van der Waals surface area contributed by atoms with Crippen molar-refractivity contribution in [2.24, 2.45) is 5.92 Å². The van der Waals surface area contributed by atoms with Crippen LogP contribution in [0.15, 0.2) is 24.3 Å². The molecule has 0 spiro atoms. The first-order valence-corrected chi connectivity index (χ1v) is 7.07. The van der Waals surface area contributed by atoms with E-state index in [0.717, 1.165) is 17.3 Å². The fraction of sp³-hybridized carbons (Fsp3) is 0.533. The molecule has 1 unspecified atom stereocenters. The normalized spacial score (nSPS) is 18.2. The lowest BCUT2D eigenvalue weighted by molar-refractivity contribution is 0.304. The number of nitrogens with zero attached hydrogens (tertiary/aromatic N) is 2. The molecule has 3 rings (SSSR count). The number of rotatable bonds is 3. The average Bonchev–Trinajstić information content (AvgIpc) is 3.09. The molecule has 0 amide bonds. The Morgan fingerprint density at radius 3 is 2.61 bits per heavy atom. The zero-order valence-electron chi connectivity index (χ0n) is 11.2. The van der Waals surface area contributed by atoms with Crippen LogP contribution in [0.25, 0.3) is 11.0 Å². The Balaban J connectivity index is 2.27. The van der Waals surface area contributed by atoms with Gasteiger partial charge in [-0.3, -0.25) is 0 Å². The number of benzene rings is 1. The number of halogens is 1. The maximum atomic E-state index is 6.33. The van der Waals surface area contributed by atoms with E-state index in [9.17, 15) is 0 Å². The van der Waals surface area contributed by atoms with Crippen LogP contribution < -0.4 is 0 Å². The number of imidazole rings is 1. The number of hydrogen-bond donors (Lipinski definition) is 0. The molecule has 0 N–H and O–H groups in total. The molecular weight excluding hydrogens is 244 g/mol. The van der Waals surface area contributed by atoms with E-state index in [1.165, 1.54) is 18.4 Å². The highest BCUT2D eigenvalue weighted by atomic mass is 35.5. The lowest BCUT2D eigenvalue weighted by Gasteiger charge is -2.30. The Morgan fingerprint density at radius 1 is 1.33 bits per heavy atom. The molecule has 0 saturated heterocycles. The molecule has 1 aromatic heterocycles. The fourth-order valence-corrected chi connectivity index (χ4v) is 3.04. The third-order valence-electron chi connectivity index (χ3n) is 4.10. The summed E-state index contributed by atoms with van der Waals surface area (Å²) in [5.74, 6) is 1.75. The highest BCUT2D eigenvalue weighted by molar-refractivity contribution is 6.20. The molecule has 1 aliphatic rings. The van der Waals surface area contributed by atoms with Gasteiger partial charge in [-0.1, -0.05) is 12.1 Å². The first-order chi connectivity index (χ1) is 8.51. The molecular formula is C15H19ClN2. The summed E-state index contributed by atoms with van der Waals surface area (Å²) >= 11 is 6.33. The van der Waals surface area contributed by atoms with E-state index in [0.29, 0.717) is 0 Å². The molecule has 1 heterocycles. The number of aromatic nitrogens is 2. The second-order valence-electron chi connectivity index (χ2n) is 5.84. The first-order valence-electron chi connectivity index (χ1n) is 6.63. The summed E-state index contributed by atoms with van der Waals surface area (Å²) in [7, 11) is 0. The van der Waals surface area contributed by atoms with Crippen molar-refractivity contribution in [3.05, 3.63) is 30.1 Å². The van der Waals surface area contributed by atoms with Gasteiger partial charge in [0.2, 0.25) is 0 Å². The van der Waals surface area contributed by atoms with Crippen LogP contribution >= 0.6 is 11.6 Å². The van der Waals surface area contributed by atoms with Crippen molar-refractivity contribution in [1.82, 2.24) is 9.55 Å². The third kappa shape index (κ3) is 1.74. The van der Waals surface area contributed by atoms with Crippen molar-refractivity contribution in [2.75, 3.05) is 0 Å². The van der Waals surface area contributed by atoms with Gasteiger partial charge in [0.1, 0.15) is 5.82 Å². The summed E-state index contributed by atoms with van der Waals surface area (Å²) in [5.41, 5.74) is 2.36. The van der Waals surface area contributed by atoms with Crippen molar-refractivity contribution in [3.63, 3.8) is 0 Å². The molecule has 96 valence electrons. The van der Waals surface area contributed by atoms with Crippen LogP contribution in [0, 0.1) is 5.92 Å². The molecule has 1 aromatic carbocycles. The summed E-state index contributed by atoms with van der Waals surface area (Å²) in [6.45, 7) is 6.62. The summed E-state index contributed by atoms with van der Waals surface area (Å²) in [4.78, 5) is 4.72. The van der Waals surface area contributed by atoms with Crippen LogP contribution in [0.2, 0.25) is 0 Å². The Hall–Kier alpha value is -1.02. The Labute approximate surface area is 113 Å². The van der Waals surface area contributed by atoms with Gasteiger partial charge in [-0.05, 0) is 51.7 Å². The van der Waals surface area contributed by atoms with E-state index in [-0.39, 0.29) is 10.9 Å². The zero-order chi connectivity index (χ0) is 12.9. The molecule has 2 nitrogen and oxygen atoms in total. The van der Waals surface area contributed by atoms with Crippen LogP contribution in [0.3, 0.4) is 0 Å². The Bertz CT molecular complexity index is 579. The minimum Gasteiger partial charge on any atom is -0.321 e. The molecule has 3 heteroatoms. The summed E-state index contributed by atoms with van der Waals surface area (Å²) in [6.07, 6.45) is 2.63. The Morgan fingerprint density at radius 2 is 2.00 bits per heavy atom. The van der Waals surface area contributed by atoms with Crippen molar-refractivity contribution in [2.45, 2.75) is 44.5 Å². The standard InChI is InChI=1S/C15H19ClN2/c1-10(16)14-17-12-6-4-5-7-13(12)18(14)15(2,3)11-8-9-11/h4-7,10-11H,8-9H2,1-3H3. The predicted octanol–water partition coefficient (Wildman–Crippen LogP) is 4.48. The third-order valence-corrected chi connectivity index (χ3v) is 4.29. The zero-order valence-corrected chi connectivity index (χ0v) is 11.9. The average molecular weight is 263 g/mol. The van der Waals surface area contributed by atoms with Gasteiger partial charge >= 0.3 is 0 Å². The van der Waals surface area contributed by atoms with Crippen LogP contribution in [0.1, 0.15) is 44.8 Å². The van der Waals surface area contributed by atoms with Crippen molar-refractivity contribution >= 4 is 22.6 Å². The van der Waals surface area contributed by atoms with E-state index in [1.54, 1.807) is 0 Å². The topological polar surface area (TPSA) is 17.8 Å². The monoisotopic (exact) mass is 262 g/mol. The highest BCUT2D eigenvalue weighted by Gasteiger charge is 2.41. The van der Waals surface area contributed by atoms with Gasteiger partial charge in [-0.2, -0.15) is 0 Å². The van der Waals surface area contributed by atoms with Gasteiger partial charge in [0, 0.05) is 5.54 Å². The van der Waals surface area contributed by atoms with Crippen LogP contribution in [0.5, 0.6) is 0 Å². The highest BCUT2D eigenvalue weighted by Crippen LogP contribution is 2.46. The van der Waals surface area contributed by atoms with E-state index in [4.69, 9.17) is 16.6 Å². The van der Waals surface area contributed by atoms with Crippen molar-refractivity contribution in [1.29, 1.82) is 0 Å². The number of fused-ring (bicyclic) bond motifs is 1. The molecule has 1 fully saturated rings. The molecule has 0 aliphatic heterocycles. The fourth-order valence-electron chi connectivity index (χ4n) is 2.89. The lowest BCUT2D eigenvalue weighted by Crippen LogP contribution is -2.30. The first kappa shape index (κ1) is 12.0. The smallest absolute Gasteiger partial charge is 0.128 e. The minimum atomic E-state index is -0.0598. The van der Waals surface area contributed by atoms with E-state index >= 15 is 0 Å². The Kier molecular flexibility index (Phi) is 2.67. The van der Waals surface area contributed by atoms with E-state index < -0.39 is 0 Å². The van der Waals surface area contributed by atoms with Gasteiger partial charge in [0.05, 0.1) is 16.4 Å². The molecule has 0 bridgehead atoms. The van der Waals surface area contributed by atoms with Gasteiger partial charge in [0.15, 0.2) is 0 Å². The van der Waals surface area contributed by atoms with Gasteiger partial charge in [0.25, 0.3) is 0 Å². The quantitative estimate of drug-likeness (QED) is 0.746. The minimum absolute atomic E-state index is 0.0598. The number of hydrogen-bond acceptors (Lipinski definition) is 1. The maximum Gasteiger partial charge on any atom is 0.128 e. The van der Waals surface area contributed by atoms with Gasteiger partial charge in [-0.25, -0.2) is 4.98 Å². The van der Waals surface area contributed by atoms with Gasteiger partial charge < -0.3 is 4.57 Å². The number of para-hydroxylation sites is 2. The molecule has 1 saturated carbocycles. The van der Waals surface area contributed by atoms with Crippen LogP contribution in [-0.2, 0) is 5.54 Å². The summed E-state index contributed by atoms with van der Waals surface area (Å²) in [5, 5.41) is -0.0598. The van der Waals surface area contributed by atoms with Crippen molar-refractivity contribution < 1.29 is 0 Å².